The topological polar surface area (TPSA) is 63.0 Å². The first-order valence-corrected chi connectivity index (χ1v) is 11.1. The van der Waals surface area contributed by atoms with Gasteiger partial charge in [0.05, 0.1) is 24.5 Å². The molecule has 2 unspecified atom stereocenters. The molecule has 2 aromatic rings. The van der Waals surface area contributed by atoms with Gasteiger partial charge in [-0.3, -0.25) is 9.59 Å². The van der Waals surface area contributed by atoms with E-state index in [-0.39, 0.29) is 36.7 Å². The number of amides is 2. The molecule has 3 rings (SSSR count). The number of hydrogen-bond acceptors (Lipinski definition) is 4. The van der Waals surface area contributed by atoms with Crippen LogP contribution in [0.5, 0.6) is 0 Å². The molecule has 1 aliphatic heterocycles. The van der Waals surface area contributed by atoms with Gasteiger partial charge in [-0.1, -0.05) is 6.92 Å². The van der Waals surface area contributed by atoms with Crippen LogP contribution in [0.25, 0.3) is 0 Å². The Morgan fingerprint density at radius 3 is 2.45 bits per heavy atom. The predicted molar refractivity (Wildman–Crippen MR) is 115 cm³/mol. The molecule has 33 heavy (non-hydrogen) atoms. The van der Waals surface area contributed by atoms with Crippen LogP contribution < -0.4 is 0 Å². The number of ether oxygens (including phenoxy) is 1. The van der Waals surface area contributed by atoms with Gasteiger partial charge < -0.3 is 19.0 Å². The van der Waals surface area contributed by atoms with Crippen LogP contribution in [-0.2, 0) is 22.3 Å². The summed E-state index contributed by atoms with van der Waals surface area (Å²) < 4.78 is 49.7. The number of halogens is 3. The maximum Gasteiger partial charge on any atom is 0.416 e. The minimum Gasteiger partial charge on any atom is -0.467 e. The van der Waals surface area contributed by atoms with Crippen LogP contribution in [0.15, 0.2) is 47.1 Å². The second kappa shape index (κ2) is 10.9. The fourth-order valence-corrected chi connectivity index (χ4v) is 3.74. The molecule has 6 nitrogen and oxygen atoms in total. The summed E-state index contributed by atoms with van der Waals surface area (Å²) in [4.78, 5) is 29.5. The van der Waals surface area contributed by atoms with Crippen LogP contribution >= 0.6 is 0 Å². The lowest BCUT2D eigenvalue weighted by Gasteiger charge is -2.32. The average molecular weight is 467 g/mol. The van der Waals surface area contributed by atoms with Gasteiger partial charge in [-0.05, 0) is 62.6 Å². The molecule has 9 heteroatoms. The van der Waals surface area contributed by atoms with Gasteiger partial charge in [-0.15, -0.1) is 0 Å². The first-order valence-electron chi connectivity index (χ1n) is 11.1. The van der Waals surface area contributed by atoms with Crippen LogP contribution in [0.1, 0.15) is 54.8 Å². The van der Waals surface area contributed by atoms with Crippen molar-refractivity contribution in [1.82, 2.24) is 9.80 Å². The highest BCUT2D eigenvalue weighted by Gasteiger charge is 2.32. The van der Waals surface area contributed by atoms with E-state index >= 15 is 0 Å². The van der Waals surface area contributed by atoms with Crippen LogP contribution in [0.2, 0.25) is 0 Å². The lowest BCUT2D eigenvalue weighted by Crippen LogP contribution is -2.47. The summed E-state index contributed by atoms with van der Waals surface area (Å²) >= 11 is 0. The number of hydrogen-bond donors (Lipinski definition) is 0. The van der Waals surface area contributed by atoms with Crippen LogP contribution in [-0.4, -0.2) is 53.5 Å². The smallest absolute Gasteiger partial charge is 0.416 e. The molecule has 0 bridgehead atoms. The molecule has 0 aliphatic carbocycles. The van der Waals surface area contributed by atoms with Gasteiger partial charge >= 0.3 is 6.18 Å². The first-order chi connectivity index (χ1) is 15.7. The van der Waals surface area contributed by atoms with E-state index in [0.717, 1.165) is 37.1 Å². The molecule has 0 N–H and O–H groups in total. The minimum atomic E-state index is -4.48. The summed E-state index contributed by atoms with van der Waals surface area (Å²) in [5.74, 6) is -0.144. The van der Waals surface area contributed by atoms with Crippen molar-refractivity contribution in [1.29, 1.82) is 0 Å². The van der Waals surface area contributed by atoms with E-state index in [9.17, 15) is 22.8 Å². The average Bonchev–Trinajstić information content (AvgIpc) is 3.50. The van der Waals surface area contributed by atoms with E-state index in [4.69, 9.17) is 9.15 Å². The Kier molecular flexibility index (Phi) is 8.18. The van der Waals surface area contributed by atoms with Crippen LogP contribution in [0, 0.1) is 0 Å². The van der Waals surface area contributed by atoms with Gasteiger partial charge in [0.15, 0.2) is 0 Å². The maximum absolute atomic E-state index is 13.3. The summed E-state index contributed by atoms with van der Waals surface area (Å²) in [6.45, 7) is 4.78. The quantitative estimate of drug-likeness (QED) is 0.535. The molecule has 1 aromatic carbocycles. The maximum atomic E-state index is 13.3. The summed E-state index contributed by atoms with van der Waals surface area (Å²) in [5, 5.41) is 0. The normalized spacial score (nSPS) is 17.1. The zero-order valence-corrected chi connectivity index (χ0v) is 18.8. The predicted octanol–water partition coefficient (Wildman–Crippen LogP) is 4.75. The van der Waals surface area contributed by atoms with E-state index in [1.807, 2.05) is 13.8 Å². The van der Waals surface area contributed by atoms with E-state index in [0.29, 0.717) is 25.3 Å². The number of furan rings is 1. The highest BCUT2D eigenvalue weighted by molar-refractivity contribution is 5.96. The van der Waals surface area contributed by atoms with Gasteiger partial charge in [0.25, 0.3) is 5.91 Å². The Bertz CT molecular complexity index is 907. The molecule has 1 saturated heterocycles. The Balaban J connectivity index is 1.77. The van der Waals surface area contributed by atoms with Gasteiger partial charge in [0.1, 0.15) is 12.3 Å². The largest absolute Gasteiger partial charge is 0.467 e. The molecular weight excluding hydrogens is 437 g/mol. The second-order valence-corrected chi connectivity index (χ2v) is 8.25. The molecule has 1 aromatic heterocycles. The Labute approximate surface area is 191 Å². The SMILES string of the molecule is CCC(C)N(CC(=O)N(Cc1ccco1)CC1CCCO1)C(=O)c1ccc(C(F)(F)F)cc1. The third-order valence-electron chi connectivity index (χ3n) is 5.88. The van der Waals surface area contributed by atoms with Crippen molar-refractivity contribution in [2.24, 2.45) is 0 Å². The van der Waals surface area contributed by atoms with Crippen molar-refractivity contribution >= 4 is 11.8 Å². The lowest BCUT2D eigenvalue weighted by molar-refractivity contribution is -0.137. The molecule has 2 atom stereocenters. The van der Waals surface area contributed by atoms with Crippen molar-refractivity contribution < 1.29 is 31.9 Å². The van der Waals surface area contributed by atoms with Gasteiger partial charge in [-0.2, -0.15) is 13.2 Å². The molecule has 0 saturated carbocycles. The van der Waals surface area contributed by atoms with E-state index in [2.05, 4.69) is 0 Å². The summed E-state index contributed by atoms with van der Waals surface area (Å²) in [7, 11) is 0. The molecule has 2 amide bonds. The number of alkyl halides is 3. The van der Waals surface area contributed by atoms with E-state index < -0.39 is 17.6 Å². The fourth-order valence-electron chi connectivity index (χ4n) is 3.74. The Morgan fingerprint density at radius 1 is 1.18 bits per heavy atom. The minimum absolute atomic E-state index is 0.0772. The lowest BCUT2D eigenvalue weighted by atomic mass is 10.1. The second-order valence-electron chi connectivity index (χ2n) is 8.25. The van der Waals surface area contributed by atoms with Crippen molar-refractivity contribution in [3.05, 3.63) is 59.5 Å². The summed E-state index contributed by atoms with van der Waals surface area (Å²) in [5.41, 5.74) is -0.723. The molecule has 1 fully saturated rings. The Morgan fingerprint density at radius 2 is 1.91 bits per heavy atom. The standard InChI is InChI=1S/C24H29F3N2O4/c1-3-17(2)29(23(31)18-8-10-19(11-9-18)24(25,26)27)16-22(30)28(14-20-6-4-12-32-20)15-21-7-5-13-33-21/h4,6,8-12,17,21H,3,5,7,13-16H2,1-2H3. The zero-order chi connectivity index (χ0) is 24.0. The number of benzene rings is 1. The number of carbonyl (C=O) groups is 2. The Hall–Kier alpha value is -2.81. The monoisotopic (exact) mass is 466 g/mol. The third kappa shape index (κ3) is 6.60. The number of rotatable bonds is 9. The molecule has 180 valence electrons. The van der Waals surface area contributed by atoms with Crippen molar-refractivity contribution in [3.8, 4) is 0 Å². The number of nitrogens with zero attached hydrogens (tertiary/aromatic N) is 2. The van der Waals surface area contributed by atoms with Crippen molar-refractivity contribution in [2.75, 3.05) is 19.7 Å². The molecule has 2 heterocycles. The van der Waals surface area contributed by atoms with E-state index in [1.165, 1.54) is 11.2 Å². The number of carbonyl (C=O) groups excluding carboxylic acids is 2. The fraction of sp³-hybridized carbons (Fsp3) is 0.500. The van der Waals surface area contributed by atoms with Crippen molar-refractivity contribution in [3.63, 3.8) is 0 Å². The zero-order valence-electron chi connectivity index (χ0n) is 18.8. The summed E-state index contributed by atoms with van der Waals surface area (Å²) in [6.07, 6.45) is -0.664. The van der Waals surface area contributed by atoms with E-state index in [1.54, 1.807) is 17.0 Å². The summed E-state index contributed by atoms with van der Waals surface area (Å²) in [6, 6.07) is 7.29. The van der Waals surface area contributed by atoms with Crippen LogP contribution in [0.3, 0.4) is 0 Å². The molecule has 0 radical (unpaired) electrons. The van der Waals surface area contributed by atoms with Gasteiger partial charge in [0, 0.05) is 24.8 Å². The van der Waals surface area contributed by atoms with Crippen LogP contribution in [0.4, 0.5) is 13.2 Å². The first kappa shape index (κ1) is 24.8. The highest BCUT2D eigenvalue weighted by atomic mass is 19.4. The molecule has 1 aliphatic rings. The van der Waals surface area contributed by atoms with Crippen molar-refractivity contribution in [2.45, 2.75) is 58.0 Å². The highest BCUT2D eigenvalue weighted by Crippen LogP contribution is 2.29. The van der Waals surface area contributed by atoms with Gasteiger partial charge in [0.2, 0.25) is 5.91 Å². The molecular formula is C24H29F3N2O4. The third-order valence-corrected chi connectivity index (χ3v) is 5.88. The molecule has 0 spiro atoms. The van der Waals surface area contributed by atoms with Gasteiger partial charge in [-0.25, -0.2) is 0 Å².